The molecule has 0 radical (unpaired) electrons. The minimum Gasteiger partial charge on any atom is -0.396 e. The van der Waals surface area contributed by atoms with Crippen molar-refractivity contribution < 1.29 is 59.8 Å². The summed E-state index contributed by atoms with van der Waals surface area (Å²) in [6, 6.07) is 0. The van der Waals surface area contributed by atoms with Crippen molar-refractivity contribution in [2.24, 2.45) is 50.2 Å². The molecule has 12 heteroatoms. The molecule has 314 valence electrons. The number of aliphatic hydroxyl groups excluding tert-OH is 8. The number of fused-ring (bicyclic) bond motifs is 6. The summed E-state index contributed by atoms with van der Waals surface area (Å²) in [4.78, 5) is 0. The molecule has 12 nitrogen and oxygen atoms in total. The van der Waals surface area contributed by atoms with E-state index in [1.165, 1.54) is 11.1 Å². The maximum Gasteiger partial charge on any atom is 0.186 e. The van der Waals surface area contributed by atoms with Gasteiger partial charge in [0.25, 0.3) is 0 Å². The van der Waals surface area contributed by atoms with Gasteiger partial charge in [0, 0.05) is 22.2 Å². The van der Waals surface area contributed by atoms with Crippen molar-refractivity contribution in [1.29, 1.82) is 0 Å². The van der Waals surface area contributed by atoms with E-state index in [1.54, 1.807) is 13.8 Å². The predicted octanol–water partition coefficient (Wildman–Crippen LogP) is 2.96. The second-order valence-corrected chi connectivity index (χ2v) is 20.6. The van der Waals surface area contributed by atoms with Gasteiger partial charge < -0.3 is 59.8 Å². The van der Waals surface area contributed by atoms with Crippen LogP contribution in [-0.4, -0.2) is 128 Å². The van der Waals surface area contributed by atoms with Crippen molar-refractivity contribution in [3.8, 4) is 0 Å². The molecule has 19 atom stereocenters. The van der Waals surface area contributed by atoms with Crippen molar-refractivity contribution >= 4 is 0 Å². The Kier molecular flexibility index (Phi) is 11.0. The zero-order valence-corrected chi connectivity index (χ0v) is 34.2. The van der Waals surface area contributed by atoms with E-state index in [0.29, 0.717) is 12.8 Å². The SMILES string of the molecule is CC1OC(OC2CCC3(C)C(CCC4(C)C3C=CC3=C5CC(C)(C)CCC5(CO)C(O)CC34C)C2(C)CO)C(O)C(OC2OC(CO)C(O)C(O)C2C)C1O. The van der Waals surface area contributed by atoms with Gasteiger partial charge in [0.05, 0.1) is 44.2 Å². The third kappa shape index (κ3) is 6.13. The van der Waals surface area contributed by atoms with Gasteiger partial charge in [-0.05, 0) is 91.9 Å². The minimum atomic E-state index is -1.45. The fraction of sp³-hybridized carbons (Fsp3) is 0.907. The third-order valence-electron chi connectivity index (χ3n) is 17.2. The first-order valence-corrected chi connectivity index (χ1v) is 20.9. The Labute approximate surface area is 326 Å². The van der Waals surface area contributed by atoms with Crippen molar-refractivity contribution in [1.82, 2.24) is 0 Å². The molecule has 19 unspecified atom stereocenters. The van der Waals surface area contributed by atoms with Crippen molar-refractivity contribution in [3.05, 3.63) is 23.3 Å². The fourth-order valence-electron chi connectivity index (χ4n) is 13.2. The average Bonchev–Trinajstić information content (AvgIpc) is 3.13. The van der Waals surface area contributed by atoms with Crippen molar-refractivity contribution in [3.63, 3.8) is 0 Å². The summed E-state index contributed by atoms with van der Waals surface area (Å²) in [6.07, 6.45) is -0.782. The van der Waals surface area contributed by atoms with E-state index < -0.39 is 90.9 Å². The van der Waals surface area contributed by atoms with E-state index in [1.807, 2.05) is 0 Å². The molecule has 3 saturated carbocycles. The molecule has 7 rings (SSSR count). The first kappa shape index (κ1) is 42.1. The van der Waals surface area contributed by atoms with Crippen LogP contribution < -0.4 is 0 Å². The van der Waals surface area contributed by atoms with Crippen LogP contribution in [0.2, 0.25) is 0 Å². The maximum atomic E-state index is 12.0. The van der Waals surface area contributed by atoms with E-state index in [9.17, 15) is 40.9 Å². The molecule has 0 bridgehead atoms. The summed E-state index contributed by atoms with van der Waals surface area (Å²) in [6.45, 7) is 16.3. The first-order chi connectivity index (χ1) is 25.7. The molecule has 0 aromatic rings. The third-order valence-corrected chi connectivity index (χ3v) is 17.2. The number of ether oxygens (including phenoxy) is 4. The lowest BCUT2D eigenvalue weighted by Gasteiger charge is -2.70. The lowest BCUT2D eigenvalue weighted by Crippen LogP contribution is -2.66. The van der Waals surface area contributed by atoms with Crippen LogP contribution in [0.3, 0.4) is 0 Å². The van der Waals surface area contributed by atoms with Crippen LogP contribution >= 0.6 is 0 Å². The highest BCUT2D eigenvalue weighted by Gasteiger charge is 2.69. The van der Waals surface area contributed by atoms with E-state index in [4.69, 9.17) is 18.9 Å². The lowest BCUT2D eigenvalue weighted by molar-refractivity contribution is -0.362. The van der Waals surface area contributed by atoms with Gasteiger partial charge in [-0.25, -0.2) is 0 Å². The minimum absolute atomic E-state index is 0.0435. The topological polar surface area (TPSA) is 199 Å². The fourth-order valence-corrected chi connectivity index (χ4v) is 13.2. The van der Waals surface area contributed by atoms with Crippen LogP contribution in [0, 0.1) is 50.2 Å². The van der Waals surface area contributed by atoms with Crippen LogP contribution in [0.4, 0.5) is 0 Å². The van der Waals surface area contributed by atoms with Gasteiger partial charge >= 0.3 is 0 Å². The molecule has 2 heterocycles. The summed E-state index contributed by atoms with van der Waals surface area (Å²) in [5, 5.41) is 87.7. The maximum absolute atomic E-state index is 12.0. The van der Waals surface area contributed by atoms with E-state index in [-0.39, 0.29) is 46.7 Å². The Morgan fingerprint density at radius 2 is 1.47 bits per heavy atom. The van der Waals surface area contributed by atoms with E-state index in [0.717, 1.165) is 38.5 Å². The number of aliphatic hydroxyl groups is 8. The van der Waals surface area contributed by atoms with Gasteiger partial charge in [-0.3, -0.25) is 0 Å². The Balaban J connectivity index is 1.15. The molecule has 55 heavy (non-hydrogen) atoms. The quantitative estimate of drug-likeness (QED) is 0.176. The molecule has 0 aromatic heterocycles. The summed E-state index contributed by atoms with van der Waals surface area (Å²) in [5.41, 5.74) is 0.635. The van der Waals surface area contributed by atoms with Crippen LogP contribution in [0.15, 0.2) is 23.3 Å². The Hall–Kier alpha value is -1.00. The molecule has 5 fully saturated rings. The van der Waals surface area contributed by atoms with Gasteiger partial charge in [0.15, 0.2) is 12.6 Å². The zero-order chi connectivity index (χ0) is 40.3. The number of hydrogen-bond donors (Lipinski definition) is 8. The van der Waals surface area contributed by atoms with Crippen molar-refractivity contribution in [2.45, 2.75) is 174 Å². The van der Waals surface area contributed by atoms with Crippen LogP contribution in [0.25, 0.3) is 0 Å². The van der Waals surface area contributed by atoms with E-state index in [2.05, 4.69) is 53.7 Å². The second kappa shape index (κ2) is 14.3. The van der Waals surface area contributed by atoms with Crippen LogP contribution in [0.1, 0.15) is 107 Å². The van der Waals surface area contributed by atoms with Gasteiger partial charge in [0.2, 0.25) is 0 Å². The van der Waals surface area contributed by atoms with Crippen LogP contribution in [0.5, 0.6) is 0 Å². The molecule has 5 aliphatic carbocycles. The van der Waals surface area contributed by atoms with Gasteiger partial charge in [-0.1, -0.05) is 66.2 Å². The highest BCUT2D eigenvalue weighted by molar-refractivity contribution is 5.47. The first-order valence-electron chi connectivity index (χ1n) is 20.9. The number of allylic oxidation sites excluding steroid dienone is 3. The zero-order valence-electron chi connectivity index (χ0n) is 34.2. The Morgan fingerprint density at radius 1 is 0.764 bits per heavy atom. The molecule has 0 aromatic carbocycles. The van der Waals surface area contributed by atoms with Crippen molar-refractivity contribution in [2.75, 3.05) is 19.8 Å². The van der Waals surface area contributed by atoms with Crippen LogP contribution in [-0.2, 0) is 18.9 Å². The molecular weight excluding hydrogens is 708 g/mol. The number of rotatable bonds is 7. The van der Waals surface area contributed by atoms with Gasteiger partial charge in [-0.15, -0.1) is 0 Å². The lowest BCUT2D eigenvalue weighted by atomic mass is 9.35. The molecule has 0 spiro atoms. The highest BCUT2D eigenvalue weighted by Crippen LogP contribution is 2.74. The average molecular weight is 779 g/mol. The summed E-state index contributed by atoms with van der Waals surface area (Å²) < 4.78 is 24.7. The largest absolute Gasteiger partial charge is 0.396 e. The monoisotopic (exact) mass is 778 g/mol. The Bertz CT molecular complexity index is 1500. The summed E-state index contributed by atoms with van der Waals surface area (Å²) in [7, 11) is 0. The summed E-state index contributed by atoms with van der Waals surface area (Å²) in [5.74, 6) is -0.519. The smallest absolute Gasteiger partial charge is 0.186 e. The second-order valence-electron chi connectivity index (χ2n) is 20.6. The van der Waals surface area contributed by atoms with Gasteiger partial charge in [-0.2, -0.15) is 0 Å². The normalized spacial score (nSPS) is 54.9. The molecule has 2 saturated heterocycles. The highest BCUT2D eigenvalue weighted by atomic mass is 16.7. The number of hydrogen-bond acceptors (Lipinski definition) is 12. The standard InChI is InChI=1S/C43H70O12/c1-22-31(48)33(50)26(19-44)53-36(22)55-35-32(49)23(2)52-37(34(35)51)54-30-12-13-39(5)27(40(30,6)20-45)11-14-41(7)28(39)10-9-24-25-17-38(3,4)15-16-43(25,21-46)29(47)18-42(24,41)8/h9-10,22-23,26-37,44-51H,11-21H2,1-8H3. The van der Waals surface area contributed by atoms with E-state index >= 15 is 0 Å². The molecule has 2 aliphatic heterocycles. The molecule has 0 amide bonds. The molecule has 7 aliphatic rings. The van der Waals surface area contributed by atoms with Gasteiger partial charge in [0.1, 0.15) is 30.5 Å². The molecular formula is C43H70O12. The Morgan fingerprint density at radius 3 is 2.13 bits per heavy atom. The summed E-state index contributed by atoms with van der Waals surface area (Å²) >= 11 is 0. The molecule has 8 N–H and O–H groups in total. The predicted molar refractivity (Wildman–Crippen MR) is 202 cm³/mol.